The minimum Gasteiger partial charge on any atom is -0.387 e. The van der Waals surface area contributed by atoms with Crippen LogP contribution in [0.5, 0.6) is 0 Å². The minimum atomic E-state index is -0.737. The Morgan fingerprint density at radius 3 is 2.62 bits per heavy atom. The topological polar surface area (TPSA) is 65.7 Å². The number of aromatic nitrogens is 2. The normalized spacial score (nSPS) is 12.5. The van der Waals surface area contributed by atoms with Crippen LogP contribution < -0.4 is 5.32 Å². The molecule has 6 nitrogen and oxygen atoms in total. The number of aliphatic hydroxyl groups is 1. The molecule has 0 amide bonds. The van der Waals surface area contributed by atoms with Gasteiger partial charge < -0.3 is 15.3 Å². The lowest BCUT2D eigenvalue weighted by Gasteiger charge is -2.23. The van der Waals surface area contributed by atoms with Gasteiger partial charge in [0, 0.05) is 46.0 Å². The van der Waals surface area contributed by atoms with Gasteiger partial charge in [-0.05, 0) is 17.7 Å². The molecule has 132 valence electrons. The van der Waals surface area contributed by atoms with E-state index in [9.17, 15) is 9.50 Å². The number of hydrogen-bond acceptors (Lipinski definition) is 3. The molecule has 0 fully saturated rings. The molecule has 2 N–H and O–H groups in total. The van der Waals surface area contributed by atoms with E-state index in [-0.39, 0.29) is 36.3 Å². The average Bonchev–Trinajstić information content (AvgIpc) is 2.93. The zero-order valence-electron chi connectivity index (χ0n) is 14.0. The van der Waals surface area contributed by atoms with Crippen molar-refractivity contribution in [3.05, 3.63) is 53.6 Å². The summed E-state index contributed by atoms with van der Waals surface area (Å²) in [6.45, 7) is 0.940. The fourth-order valence-corrected chi connectivity index (χ4v) is 2.28. The third-order valence-electron chi connectivity index (χ3n) is 3.46. The lowest BCUT2D eigenvalue weighted by molar-refractivity contribution is 0.179. The fraction of sp³-hybridized carbons (Fsp3) is 0.375. The number of halogens is 2. The van der Waals surface area contributed by atoms with Gasteiger partial charge in [0.25, 0.3) is 0 Å². The van der Waals surface area contributed by atoms with Crippen molar-refractivity contribution >= 4 is 29.9 Å². The van der Waals surface area contributed by atoms with Crippen molar-refractivity contribution in [3.63, 3.8) is 0 Å². The highest BCUT2D eigenvalue weighted by Gasteiger charge is 2.12. The van der Waals surface area contributed by atoms with E-state index in [1.807, 2.05) is 25.2 Å². The van der Waals surface area contributed by atoms with E-state index in [1.165, 1.54) is 12.1 Å². The Kier molecular flexibility index (Phi) is 8.13. The zero-order chi connectivity index (χ0) is 16.8. The van der Waals surface area contributed by atoms with E-state index >= 15 is 0 Å². The fourth-order valence-electron chi connectivity index (χ4n) is 2.28. The molecule has 0 saturated heterocycles. The molecule has 2 rings (SSSR count). The van der Waals surface area contributed by atoms with Gasteiger partial charge >= 0.3 is 0 Å². The Morgan fingerprint density at radius 1 is 1.42 bits per heavy atom. The molecule has 0 bridgehead atoms. The summed E-state index contributed by atoms with van der Waals surface area (Å²) in [7, 11) is 5.47. The van der Waals surface area contributed by atoms with Crippen LogP contribution in [0.2, 0.25) is 0 Å². The zero-order valence-corrected chi connectivity index (χ0v) is 16.3. The molecular weight excluding hydrogens is 424 g/mol. The Balaban J connectivity index is 0.00000288. The summed E-state index contributed by atoms with van der Waals surface area (Å²) in [5, 5.41) is 17.4. The van der Waals surface area contributed by atoms with Gasteiger partial charge in [0.05, 0.1) is 12.3 Å². The van der Waals surface area contributed by atoms with Crippen molar-refractivity contribution in [2.45, 2.75) is 12.6 Å². The molecule has 8 heteroatoms. The Morgan fingerprint density at radius 2 is 2.08 bits per heavy atom. The van der Waals surface area contributed by atoms with E-state index in [2.05, 4.69) is 15.4 Å². The quantitative estimate of drug-likeness (QED) is 0.418. The standard InChI is InChI=1S/C16H22FN5O.HI/c1-18-16(21(2)10-12-8-20-22(3)11-12)19-9-15(23)13-4-6-14(17)7-5-13;/h4-8,11,15,23H,9-10H2,1-3H3,(H,18,19);1H. The van der Waals surface area contributed by atoms with Crippen LogP contribution in [0.1, 0.15) is 17.2 Å². The third-order valence-corrected chi connectivity index (χ3v) is 3.46. The van der Waals surface area contributed by atoms with E-state index in [4.69, 9.17) is 0 Å². The highest BCUT2D eigenvalue weighted by Crippen LogP contribution is 2.12. The smallest absolute Gasteiger partial charge is 0.193 e. The van der Waals surface area contributed by atoms with Crippen LogP contribution in [0, 0.1) is 5.82 Å². The van der Waals surface area contributed by atoms with Crippen molar-refractivity contribution in [1.82, 2.24) is 20.0 Å². The van der Waals surface area contributed by atoms with Crippen LogP contribution in [-0.2, 0) is 13.6 Å². The first kappa shape index (κ1) is 20.4. The van der Waals surface area contributed by atoms with E-state index < -0.39 is 6.10 Å². The second-order valence-corrected chi connectivity index (χ2v) is 5.37. The molecule has 0 spiro atoms. The molecule has 0 radical (unpaired) electrons. The molecule has 1 aromatic heterocycles. The predicted octanol–water partition coefficient (Wildman–Crippen LogP) is 1.92. The Labute approximate surface area is 158 Å². The summed E-state index contributed by atoms with van der Waals surface area (Å²) in [6.07, 6.45) is 3.01. The van der Waals surface area contributed by atoms with Crippen molar-refractivity contribution in [3.8, 4) is 0 Å². The van der Waals surface area contributed by atoms with Gasteiger partial charge in [0.15, 0.2) is 5.96 Å². The number of nitrogens with zero attached hydrogens (tertiary/aromatic N) is 4. The van der Waals surface area contributed by atoms with Gasteiger partial charge in [-0.1, -0.05) is 12.1 Å². The maximum absolute atomic E-state index is 12.9. The van der Waals surface area contributed by atoms with Gasteiger partial charge in [0.1, 0.15) is 5.82 Å². The van der Waals surface area contributed by atoms with Crippen molar-refractivity contribution in [2.24, 2.45) is 12.0 Å². The second-order valence-electron chi connectivity index (χ2n) is 5.37. The van der Waals surface area contributed by atoms with Crippen LogP contribution in [0.3, 0.4) is 0 Å². The van der Waals surface area contributed by atoms with E-state index in [0.717, 1.165) is 5.56 Å². The van der Waals surface area contributed by atoms with Crippen molar-refractivity contribution < 1.29 is 9.50 Å². The number of rotatable bonds is 5. The minimum absolute atomic E-state index is 0. The van der Waals surface area contributed by atoms with Gasteiger partial charge in [-0.25, -0.2) is 4.39 Å². The van der Waals surface area contributed by atoms with Crippen LogP contribution in [0.25, 0.3) is 0 Å². The number of nitrogens with one attached hydrogen (secondary N) is 1. The van der Waals surface area contributed by atoms with Crippen LogP contribution >= 0.6 is 24.0 Å². The van der Waals surface area contributed by atoms with Gasteiger partial charge in [0.2, 0.25) is 0 Å². The molecule has 1 unspecified atom stereocenters. The summed E-state index contributed by atoms with van der Waals surface area (Å²) in [4.78, 5) is 6.14. The first-order valence-electron chi connectivity index (χ1n) is 7.32. The predicted molar refractivity (Wildman–Crippen MR) is 103 cm³/mol. The highest BCUT2D eigenvalue weighted by atomic mass is 127. The van der Waals surface area contributed by atoms with Gasteiger partial charge in [-0.3, -0.25) is 9.67 Å². The third kappa shape index (κ3) is 5.75. The van der Waals surface area contributed by atoms with Crippen LogP contribution in [-0.4, -0.2) is 46.4 Å². The first-order chi connectivity index (χ1) is 11.0. The molecule has 1 atom stereocenters. The van der Waals surface area contributed by atoms with E-state index in [0.29, 0.717) is 18.1 Å². The lowest BCUT2D eigenvalue weighted by atomic mass is 10.1. The number of hydrogen-bond donors (Lipinski definition) is 2. The first-order valence-corrected chi connectivity index (χ1v) is 7.32. The summed E-state index contributed by atoms with van der Waals surface area (Å²) in [5.74, 6) is 0.343. The Bertz CT molecular complexity index is 659. The van der Waals surface area contributed by atoms with E-state index in [1.54, 1.807) is 30.1 Å². The SMILES string of the molecule is CN=C(NCC(O)c1ccc(F)cc1)N(C)Cc1cnn(C)c1.I. The number of guanidine groups is 1. The molecular formula is C16H23FIN5O. The molecule has 24 heavy (non-hydrogen) atoms. The largest absolute Gasteiger partial charge is 0.387 e. The summed E-state index contributed by atoms with van der Waals surface area (Å²) < 4.78 is 14.7. The summed E-state index contributed by atoms with van der Waals surface area (Å²) in [6, 6.07) is 5.82. The van der Waals surface area contributed by atoms with Crippen molar-refractivity contribution in [2.75, 3.05) is 20.6 Å². The molecule has 2 aromatic rings. The average molecular weight is 447 g/mol. The van der Waals surface area contributed by atoms with Crippen molar-refractivity contribution in [1.29, 1.82) is 0 Å². The number of aryl methyl sites for hydroxylation is 1. The number of aliphatic hydroxyl groups excluding tert-OH is 1. The van der Waals surface area contributed by atoms with Gasteiger partial charge in [-0.2, -0.15) is 5.10 Å². The molecule has 0 saturated carbocycles. The van der Waals surface area contributed by atoms with Crippen LogP contribution in [0.15, 0.2) is 41.7 Å². The maximum atomic E-state index is 12.9. The maximum Gasteiger partial charge on any atom is 0.193 e. The Hall–Kier alpha value is -1.68. The van der Waals surface area contributed by atoms with Crippen LogP contribution in [0.4, 0.5) is 4.39 Å². The monoisotopic (exact) mass is 447 g/mol. The lowest BCUT2D eigenvalue weighted by Crippen LogP contribution is -2.40. The van der Waals surface area contributed by atoms with Gasteiger partial charge in [-0.15, -0.1) is 24.0 Å². The second kappa shape index (κ2) is 9.58. The number of aliphatic imine (C=N–C) groups is 1. The highest BCUT2D eigenvalue weighted by molar-refractivity contribution is 14.0. The summed E-state index contributed by atoms with van der Waals surface area (Å²) >= 11 is 0. The molecule has 0 aliphatic rings. The molecule has 1 heterocycles. The molecule has 1 aromatic carbocycles. The number of benzene rings is 1. The molecule has 0 aliphatic carbocycles. The summed E-state index contributed by atoms with van der Waals surface area (Å²) in [5.41, 5.74) is 1.72. The molecule has 0 aliphatic heterocycles.